The van der Waals surface area contributed by atoms with Crippen LogP contribution in [0.25, 0.3) is 0 Å². The number of amides is 1. The summed E-state index contributed by atoms with van der Waals surface area (Å²) in [5.74, 6) is -1.91. The average Bonchev–Trinajstić information content (AvgIpc) is 2.97. The monoisotopic (exact) mass is 428 g/mol. The smallest absolute Gasteiger partial charge is 0.334 e. The molecule has 0 aromatic heterocycles. The lowest BCUT2D eigenvalue weighted by Crippen LogP contribution is -2.74. The van der Waals surface area contributed by atoms with Crippen molar-refractivity contribution < 1.29 is 32.6 Å². The van der Waals surface area contributed by atoms with Crippen molar-refractivity contribution in [3.63, 3.8) is 0 Å². The summed E-state index contributed by atoms with van der Waals surface area (Å²) in [4.78, 5) is 26.8. The lowest BCUT2D eigenvalue weighted by atomic mass is 9.86. The zero-order chi connectivity index (χ0) is 22.0. The van der Waals surface area contributed by atoms with Crippen LogP contribution in [0.4, 0.5) is 0 Å². The molecule has 1 aromatic rings. The Morgan fingerprint density at radius 1 is 1.31 bits per heavy atom. The van der Waals surface area contributed by atoms with Gasteiger partial charge in [-0.15, -0.1) is 0 Å². The molecule has 0 spiro atoms. The number of hydrogen-bond donors (Lipinski definition) is 2. The maximum absolute atomic E-state index is 13.9. The fraction of sp³-hybridized carbons (Fsp3) is 0.579. The Morgan fingerprint density at radius 3 is 2.34 bits per heavy atom. The zero-order valence-corrected chi connectivity index (χ0v) is 17.8. The van der Waals surface area contributed by atoms with E-state index in [4.69, 9.17) is 15.2 Å². The van der Waals surface area contributed by atoms with E-state index in [0.29, 0.717) is 6.42 Å². The van der Waals surface area contributed by atoms with Crippen LogP contribution in [0.15, 0.2) is 35.2 Å². The van der Waals surface area contributed by atoms with Crippen molar-refractivity contribution in [3.8, 4) is 0 Å². The number of hydrogen-bond acceptors (Lipinski definition) is 8. The van der Waals surface area contributed by atoms with Crippen LogP contribution < -0.4 is 5.73 Å². The molecule has 1 unspecified atom stereocenters. The second-order valence-electron chi connectivity index (χ2n) is 7.07. The number of carbonyl (C=O) groups is 2. The summed E-state index contributed by atoms with van der Waals surface area (Å²) >= 11 is 0. The quantitative estimate of drug-likeness (QED) is 0.582. The molecule has 1 fully saturated rings. The molecule has 10 heteroatoms. The summed E-state index contributed by atoms with van der Waals surface area (Å²) in [6.45, 7) is 2.70. The standard InChI is InChI=1S/C19H28N2O7S/c1-5-11-18(20)19(17(24)28-4,29(25,26)14-9-7-6-8-10-14)15(27-3)12-21(18)16(23)13(2)22/h6-10,13,15,22H,5,11-12,20H2,1-4H3/t13-,15+,18-,19?/m1/s1. The first-order valence-electron chi connectivity index (χ1n) is 9.25. The second-order valence-corrected chi connectivity index (χ2v) is 9.19. The zero-order valence-electron chi connectivity index (χ0n) is 17.0. The first-order valence-corrected chi connectivity index (χ1v) is 10.7. The van der Waals surface area contributed by atoms with E-state index >= 15 is 0 Å². The molecule has 1 aliphatic rings. The van der Waals surface area contributed by atoms with Crippen LogP contribution in [0, 0.1) is 0 Å². The first-order chi connectivity index (χ1) is 13.6. The van der Waals surface area contributed by atoms with E-state index < -0.39 is 44.3 Å². The number of nitrogens with zero attached hydrogens (tertiary/aromatic N) is 1. The maximum Gasteiger partial charge on any atom is 0.334 e. The van der Waals surface area contributed by atoms with Gasteiger partial charge in [0.2, 0.25) is 14.6 Å². The molecule has 29 heavy (non-hydrogen) atoms. The molecule has 162 valence electrons. The van der Waals surface area contributed by atoms with E-state index in [9.17, 15) is 23.1 Å². The normalized spacial score (nSPS) is 28.2. The van der Waals surface area contributed by atoms with Gasteiger partial charge in [-0.25, -0.2) is 8.42 Å². The van der Waals surface area contributed by atoms with E-state index in [-0.39, 0.29) is 17.9 Å². The van der Waals surface area contributed by atoms with Crippen LogP contribution >= 0.6 is 0 Å². The van der Waals surface area contributed by atoms with Crippen molar-refractivity contribution in [1.29, 1.82) is 0 Å². The molecule has 1 amide bonds. The number of rotatable bonds is 7. The summed E-state index contributed by atoms with van der Waals surface area (Å²) in [7, 11) is -2.19. The van der Waals surface area contributed by atoms with Crippen LogP contribution in [0.2, 0.25) is 0 Å². The van der Waals surface area contributed by atoms with Crippen molar-refractivity contribution >= 4 is 21.7 Å². The Hall–Kier alpha value is -2.01. The molecule has 0 aliphatic carbocycles. The summed E-state index contributed by atoms with van der Waals surface area (Å²) in [6, 6.07) is 7.37. The van der Waals surface area contributed by atoms with E-state index in [1.807, 2.05) is 0 Å². The Morgan fingerprint density at radius 2 is 1.90 bits per heavy atom. The van der Waals surface area contributed by atoms with E-state index in [2.05, 4.69) is 0 Å². The number of nitrogens with two attached hydrogens (primary N) is 1. The molecule has 1 heterocycles. The second kappa shape index (κ2) is 8.39. The van der Waals surface area contributed by atoms with Gasteiger partial charge in [0, 0.05) is 7.11 Å². The fourth-order valence-corrected chi connectivity index (χ4v) is 6.54. The third kappa shape index (κ3) is 3.24. The number of esters is 1. The van der Waals surface area contributed by atoms with E-state index in [1.54, 1.807) is 13.0 Å². The molecule has 1 aromatic carbocycles. The molecule has 3 N–H and O–H groups in total. The predicted molar refractivity (Wildman–Crippen MR) is 104 cm³/mol. The Bertz CT molecular complexity index is 859. The fourth-order valence-electron chi connectivity index (χ4n) is 4.15. The van der Waals surface area contributed by atoms with Crippen molar-refractivity contribution in [2.45, 2.75) is 54.2 Å². The Kier molecular flexibility index (Phi) is 6.73. The molecular formula is C19H28N2O7S. The van der Waals surface area contributed by atoms with Gasteiger partial charge < -0.3 is 25.2 Å². The van der Waals surface area contributed by atoms with Crippen LogP contribution in [-0.4, -0.2) is 73.7 Å². The third-order valence-corrected chi connectivity index (χ3v) is 7.96. The summed E-state index contributed by atoms with van der Waals surface area (Å²) < 4.78 is 35.7. The van der Waals surface area contributed by atoms with Gasteiger partial charge in [-0.3, -0.25) is 9.59 Å². The van der Waals surface area contributed by atoms with Gasteiger partial charge in [0.05, 0.1) is 18.6 Å². The van der Waals surface area contributed by atoms with Crippen LogP contribution in [0.1, 0.15) is 26.7 Å². The summed E-state index contributed by atoms with van der Waals surface area (Å²) in [5.41, 5.74) is 4.63. The molecule has 0 saturated carbocycles. The van der Waals surface area contributed by atoms with Crippen molar-refractivity contribution in [2.75, 3.05) is 20.8 Å². The van der Waals surface area contributed by atoms with Crippen LogP contribution in [0.5, 0.6) is 0 Å². The SMILES string of the molecule is CCC[C@@]1(N)N(C(=O)[C@@H](C)O)C[C@H](OC)C1(C(=O)OC)S(=O)(=O)c1ccccc1. The highest BCUT2D eigenvalue weighted by Crippen LogP contribution is 2.48. The lowest BCUT2D eigenvalue weighted by molar-refractivity contribution is -0.152. The van der Waals surface area contributed by atoms with E-state index in [1.165, 1.54) is 38.3 Å². The van der Waals surface area contributed by atoms with Gasteiger partial charge in [-0.1, -0.05) is 31.5 Å². The summed E-state index contributed by atoms with van der Waals surface area (Å²) in [6.07, 6.45) is -2.42. The number of ether oxygens (including phenoxy) is 2. The molecule has 2 rings (SSSR count). The number of methoxy groups -OCH3 is 2. The molecule has 9 nitrogen and oxygen atoms in total. The average molecular weight is 429 g/mol. The minimum absolute atomic E-state index is 0.0352. The molecule has 0 bridgehead atoms. The largest absolute Gasteiger partial charge is 0.468 e. The molecule has 1 aliphatic heterocycles. The highest BCUT2D eigenvalue weighted by Gasteiger charge is 2.76. The van der Waals surface area contributed by atoms with Crippen molar-refractivity contribution in [1.82, 2.24) is 4.90 Å². The van der Waals surface area contributed by atoms with Crippen LogP contribution in [-0.2, 0) is 28.9 Å². The first kappa shape index (κ1) is 23.3. The topological polar surface area (TPSA) is 136 Å². The maximum atomic E-state index is 13.9. The molecular weight excluding hydrogens is 400 g/mol. The molecule has 4 atom stereocenters. The van der Waals surface area contributed by atoms with Gasteiger partial charge in [0.1, 0.15) is 17.9 Å². The Labute approximate surface area is 170 Å². The number of aliphatic hydroxyl groups is 1. The van der Waals surface area contributed by atoms with Gasteiger partial charge in [0.25, 0.3) is 5.91 Å². The van der Waals surface area contributed by atoms with Crippen molar-refractivity contribution in [2.24, 2.45) is 5.73 Å². The minimum Gasteiger partial charge on any atom is -0.468 e. The van der Waals surface area contributed by atoms with Gasteiger partial charge >= 0.3 is 5.97 Å². The molecule has 1 saturated heterocycles. The number of carbonyl (C=O) groups excluding carboxylic acids is 2. The van der Waals surface area contributed by atoms with Crippen molar-refractivity contribution in [3.05, 3.63) is 30.3 Å². The highest BCUT2D eigenvalue weighted by atomic mass is 32.2. The number of sulfone groups is 1. The number of likely N-dealkylation sites (tertiary alicyclic amines) is 1. The van der Waals surface area contributed by atoms with Crippen LogP contribution in [0.3, 0.4) is 0 Å². The summed E-state index contributed by atoms with van der Waals surface area (Å²) in [5, 5.41) is 9.87. The highest BCUT2D eigenvalue weighted by molar-refractivity contribution is 7.93. The third-order valence-electron chi connectivity index (χ3n) is 5.43. The van der Waals surface area contributed by atoms with Gasteiger partial charge in [0.15, 0.2) is 0 Å². The minimum atomic E-state index is -4.49. The number of benzene rings is 1. The Balaban J connectivity index is 2.92. The molecule has 0 radical (unpaired) electrons. The lowest BCUT2D eigenvalue weighted by Gasteiger charge is -2.45. The number of aliphatic hydroxyl groups excluding tert-OH is 1. The van der Waals surface area contributed by atoms with E-state index in [0.717, 1.165) is 12.0 Å². The van der Waals surface area contributed by atoms with Gasteiger partial charge in [-0.2, -0.15) is 0 Å². The predicted octanol–water partition coefficient (Wildman–Crippen LogP) is 0.0652. The van der Waals surface area contributed by atoms with Gasteiger partial charge in [-0.05, 0) is 25.5 Å².